The molecule has 0 amide bonds. The monoisotopic (exact) mass is 592 g/mol. The van der Waals surface area contributed by atoms with Crippen LogP contribution in [0.5, 0.6) is 11.5 Å². The van der Waals surface area contributed by atoms with Gasteiger partial charge in [-0.05, 0) is 54.3 Å². The van der Waals surface area contributed by atoms with Crippen LogP contribution in [0.2, 0.25) is 5.02 Å². The Morgan fingerprint density at radius 1 is 0.930 bits per heavy atom. The average molecular weight is 593 g/mol. The molecule has 1 fully saturated rings. The minimum absolute atomic E-state index is 0.468. The molecule has 7 rings (SSSR count). The Morgan fingerprint density at radius 2 is 1.86 bits per heavy atom. The molecule has 43 heavy (non-hydrogen) atoms. The summed E-state index contributed by atoms with van der Waals surface area (Å²) in [5, 5.41) is 15.5. The van der Waals surface area contributed by atoms with Crippen molar-refractivity contribution < 1.29 is 9.47 Å². The molecular weight excluding hydrogens is 564 g/mol. The van der Waals surface area contributed by atoms with E-state index >= 15 is 0 Å². The molecule has 0 radical (unpaired) electrons. The summed E-state index contributed by atoms with van der Waals surface area (Å²) < 4.78 is 13.5. The van der Waals surface area contributed by atoms with Crippen LogP contribution in [-0.2, 0) is 11.3 Å². The summed E-state index contributed by atoms with van der Waals surface area (Å²) in [5.74, 6) is 1.90. The second-order valence-electron chi connectivity index (χ2n) is 10.4. The van der Waals surface area contributed by atoms with Crippen LogP contribution in [0.15, 0.2) is 85.6 Å². The minimum Gasteiger partial charge on any atom is -0.455 e. The zero-order chi connectivity index (χ0) is 29.0. The van der Waals surface area contributed by atoms with Crippen molar-refractivity contribution in [2.45, 2.75) is 13.0 Å². The first-order chi connectivity index (χ1) is 21.2. The number of morpholine rings is 1. The van der Waals surface area contributed by atoms with Crippen molar-refractivity contribution in [1.29, 1.82) is 0 Å². The summed E-state index contributed by atoms with van der Waals surface area (Å²) >= 11 is 6.66. The lowest BCUT2D eigenvalue weighted by atomic mass is 10.1. The summed E-state index contributed by atoms with van der Waals surface area (Å²) in [6.45, 7) is 5.44. The van der Waals surface area contributed by atoms with Gasteiger partial charge in [0.15, 0.2) is 0 Å². The second kappa shape index (κ2) is 12.3. The fourth-order valence-corrected chi connectivity index (χ4v) is 5.45. The van der Waals surface area contributed by atoms with Gasteiger partial charge in [-0.1, -0.05) is 35.0 Å². The molecule has 1 saturated heterocycles. The number of hydrogen-bond acceptors (Lipinski definition) is 9. The van der Waals surface area contributed by atoms with E-state index in [4.69, 9.17) is 21.1 Å². The fraction of sp³-hybridized carbons (Fsp3) is 0.219. The third-order valence-corrected chi connectivity index (χ3v) is 7.79. The third-order valence-electron chi connectivity index (χ3n) is 7.49. The van der Waals surface area contributed by atoms with E-state index in [-0.39, 0.29) is 0 Å². The van der Waals surface area contributed by atoms with Crippen molar-refractivity contribution in [1.82, 2.24) is 34.8 Å². The molecule has 0 spiro atoms. The van der Waals surface area contributed by atoms with E-state index < -0.39 is 0 Å². The molecule has 10 nitrogen and oxygen atoms in total. The largest absolute Gasteiger partial charge is 0.455 e. The van der Waals surface area contributed by atoms with E-state index in [0.29, 0.717) is 22.3 Å². The van der Waals surface area contributed by atoms with Crippen LogP contribution in [0, 0.1) is 0 Å². The van der Waals surface area contributed by atoms with Gasteiger partial charge in [0.25, 0.3) is 0 Å². The SMILES string of the molecule is Clc1cc(Nc2ncnc3ccc(-c4cn(CCCN5CCOCC5)nn4)cc23)ccc1Oc1cccc2ccncc12. The van der Waals surface area contributed by atoms with Crippen molar-refractivity contribution in [2.24, 2.45) is 0 Å². The van der Waals surface area contributed by atoms with E-state index in [9.17, 15) is 0 Å². The molecule has 0 atom stereocenters. The molecule has 1 aliphatic heterocycles. The van der Waals surface area contributed by atoms with Gasteiger partial charge in [-0.2, -0.15) is 0 Å². The zero-order valence-electron chi connectivity index (χ0n) is 23.4. The molecule has 3 aromatic heterocycles. The number of benzene rings is 3. The number of hydrogen-bond donors (Lipinski definition) is 1. The Balaban J connectivity index is 1.07. The molecular formula is C32H29ClN8O2. The highest BCUT2D eigenvalue weighted by Gasteiger charge is 2.13. The fourth-order valence-electron chi connectivity index (χ4n) is 5.23. The Kier molecular flexibility index (Phi) is 7.79. The van der Waals surface area contributed by atoms with E-state index in [1.165, 1.54) is 0 Å². The Morgan fingerprint density at radius 3 is 2.77 bits per heavy atom. The van der Waals surface area contributed by atoms with Crippen LogP contribution < -0.4 is 10.1 Å². The number of rotatable bonds is 9. The van der Waals surface area contributed by atoms with Crippen LogP contribution in [0.25, 0.3) is 32.9 Å². The lowest BCUT2D eigenvalue weighted by molar-refractivity contribution is 0.0368. The molecule has 3 aromatic carbocycles. The lowest BCUT2D eigenvalue weighted by Crippen LogP contribution is -2.37. The minimum atomic E-state index is 0.468. The maximum atomic E-state index is 6.66. The van der Waals surface area contributed by atoms with Crippen LogP contribution in [-0.4, -0.2) is 67.7 Å². The van der Waals surface area contributed by atoms with Crippen LogP contribution in [0.3, 0.4) is 0 Å². The highest BCUT2D eigenvalue weighted by Crippen LogP contribution is 2.36. The van der Waals surface area contributed by atoms with Crippen molar-refractivity contribution in [3.8, 4) is 22.8 Å². The Bertz CT molecular complexity index is 1880. The number of ether oxygens (including phenoxy) is 2. The molecule has 0 unspecified atom stereocenters. The standard InChI is InChI=1S/C32H29ClN8O2/c33-27-18-24(6-8-31(27)43-30-4-1-3-22-9-10-34-19-26(22)30)37-32-25-17-23(5-7-28(25)35-21-36-32)29-20-41(39-38-29)12-2-11-40-13-15-42-16-14-40/h1,3-10,17-21H,2,11-16H2,(H,35,36,37). The van der Waals surface area contributed by atoms with Crippen LogP contribution in [0.4, 0.5) is 11.5 Å². The van der Waals surface area contributed by atoms with Gasteiger partial charge in [0.2, 0.25) is 0 Å². The van der Waals surface area contributed by atoms with Gasteiger partial charge >= 0.3 is 0 Å². The molecule has 4 heterocycles. The predicted octanol–water partition coefficient (Wildman–Crippen LogP) is 6.35. The normalized spacial score (nSPS) is 13.9. The van der Waals surface area contributed by atoms with Crippen molar-refractivity contribution in [3.63, 3.8) is 0 Å². The molecule has 0 bridgehead atoms. The maximum Gasteiger partial charge on any atom is 0.146 e. The first-order valence-electron chi connectivity index (χ1n) is 14.2. The molecule has 0 saturated carbocycles. The lowest BCUT2D eigenvalue weighted by Gasteiger charge is -2.26. The summed E-state index contributed by atoms with van der Waals surface area (Å²) in [4.78, 5) is 15.6. The Labute approximate surface area is 253 Å². The van der Waals surface area contributed by atoms with Crippen molar-refractivity contribution >= 4 is 44.8 Å². The predicted molar refractivity (Wildman–Crippen MR) is 167 cm³/mol. The number of pyridine rings is 1. The second-order valence-corrected chi connectivity index (χ2v) is 10.8. The number of nitrogens with one attached hydrogen (secondary N) is 1. The molecule has 0 aliphatic carbocycles. The van der Waals surface area contributed by atoms with Crippen molar-refractivity contribution in [2.75, 3.05) is 38.2 Å². The highest BCUT2D eigenvalue weighted by molar-refractivity contribution is 6.32. The summed E-state index contributed by atoms with van der Waals surface area (Å²) in [6.07, 6.45) is 8.09. The zero-order valence-corrected chi connectivity index (χ0v) is 24.1. The number of aromatic nitrogens is 6. The molecule has 1 aliphatic rings. The average Bonchev–Trinajstić information content (AvgIpc) is 3.52. The van der Waals surface area contributed by atoms with E-state index in [0.717, 1.165) is 84.4 Å². The van der Waals surface area contributed by atoms with Gasteiger partial charge in [-0.3, -0.25) is 14.6 Å². The number of fused-ring (bicyclic) bond motifs is 2. The van der Waals surface area contributed by atoms with Gasteiger partial charge in [0, 0.05) is 60.6 Å². The van der Waals surface area contributed by atoms with E-state index in [1.54, 1.807) is 18.7 Å². The molecule has 216 valence electrons. The summed E-state index contributed by atoms with van der Waals surface area (Å²) in [5.41, 5.74) is 3.33. The van der Waals surface area contributed by atoms with Gasteiger partial charge in [0.1, 0.15) is 29.3 Å². The number of aryl methyl sites for hydroxylation is 1. The molecule has 6 aromatic rings. The van der Waals surface area contributed by atoms with E-state index in [2.05, 4.69) is 35.5 Å². The van der Waals surface area contributed by atoms with Gasteiger partial charge in [-0.15, -0.1) is 5.10 Å². The maximum absolute atomic E-state index is 6.66. The first kappa shape index (κ1) is 27.2. The molecule has 11 heteroatoms. The van der Waals surface area contributed by atoms with Crippen LogP contribution >= 0.6 is 11.6 Å². The number of nitrogens with zero attached hydrogens (tertiary/aromatic N) is 7. The smallest absolute Gasteiger partial charge is 0.146 e. The van der Waals surface area contributed by atoms with E-state index in [1.807, 2.05) is 71.5 Å². The number of anilines is 2. The third kappa shape index (κ3) is 6.12. The van der Waals surface area contributed by atoms with Crippen LogP contribution in [0.1, 0.15) is 6.42 Å². The van der Waals surface area contributed by atoms with Gasteiger partial charge in [-0.25, -0.2) is 9.97 Å². The van der Waals surface area contributed by atoms with Gasteiger partial charge in [0.05, 0.1) is 29.9 Å². The summed E-state index contributed by atoms with van der Waals surface area (Å²) in [6, 6.07) is 19.4. The first-order valence-corrected chi connectivity index (χ1v) is 14.6. The summed E-state index contributed by atoms with van der Waals surface area (Å²) in [7, 11) is 0. The molecule has 1 N–H and O–H groups in total. The van der Waals surface area contributed by atoms with Gasteiger partial charge < -0.3 is 14.8 Å². The Hall–Kier alpha value is -4.64. The van der Waals surface area contributed by atoms with Crippen molar-refractivity contribution in [3.05, 3.63) is 90.6 Å². The number of halogens is 1. The topological polar surface area (TPSA) is 103 Å². The quantitative estimate of drug-likeness (QED) is 0.206. The highest BCUT2D eigenvalue weighted by atomic mass is 35.5.